The Morgan fingerprint density at radius 3 is 2.31 bits per heavy atom. The van der Waals surface area contributed by atoms with Gasteiger partial charge in [-0.05, 0) is 57.7 Å². The highest BCUT2D eigenvalue weighted by molar-refractivity contribution is 5.31. The lowest BCUT2D eigenvalue weighted by Crippen LogP contribution is -1.86. The molecule has 0 unspecified atom stereocenters. The van der Waals surface area contributed by atoms with E-state index in [0.29, 0.717) is 0 Å². The normalized spacial score (nSPS) is 10.8. The molecule has 0 aliphatic carbocycles. The molecule has 0 fully saturated rings. The molecule has 0 aliphatic rings. The molecular weight excluding hydrogens is 192 g/mol. The van der Waals surface area contributed by atoms with Gasteiger partial charge in [0.1, 0.15) is 0 Å². The molecule has 0 amide bonds. The van der Waals surface area contributed by atoms with E-state index >= 15 is 0 Å². The van der Waals surface area contributed by atoms with Crippen molar-refractivity contribution in [2.75, 3.05) is 0 Å². The summed E-state index contributed by atoms with van der Waals surface area (Å²) < 4.78 is 0. The van der Waals surface area contributed by atoms with Gasteiger partial charge >= 0.3 is 0 Å². The molecule has 0 saturated heterocycles. The van der Waals surface area contributed by atoms with Gasteiger partial charge in [0.25, 0.3) is 0 Å². The zero-order chi connectivity index (χ0) is 12.1. The van der Waals surface area contributed by atoms with Gasteiger partial charge in [0.15, 0.2) is 0 Å². The van der Waals surface area contributed by atoms with Crippen LogP contribution in [0, 0.1) is 13.8 Å². The molecule has 86 valence electrons. The van der Waals surface area contributed by atoms with Crippen molar-refractivity contribution in [2.45, 2.75) is 41.0 Å². The second-order valence-corrected chi connectivity index (χ2v) is 4.71. The van der Waals surface area contributed by atoms with Gasteiger partial charge in [-0.3, -0.25) is 0 Å². The van der Waals surface area contributed by atoms with Crippen LogP contribution in [0.5, 0.6) is 0 Å². The molecule has 0 atom stereocenters. The van der Waals surface area contributed by atoms with Crippen molar-refractivity contribution in [3.63, 3.8) is 0 Å². The maximum atomic E-state index is 2.28. The molecule has 0 spiro atoms. The van der Waals surface area contributed by atoms with Crippen molar-refractivity contribution >= 4 is 0 Å². The van der Waals surface area contributed by atoms with Gasteiger partial charge in [-0.15, -0.1) is 0 Å². The number of allylic oxidation sites excluding steroid dienone is 4. The highest BCUT2D eigenvalue weighted by atomic mass is 14.0. The van der Waals surface area contributed by atoms with Gasteiger partial charge in [0.2, 0.25) is 0 Å². The van der Waals surface area contributed by atoms with E-state index < -0.39 is 0 Å². The first-order valence-electron chi connectivity index (χ1n) is 5.87. The summed E-state index contributed by atoms with van der Waals surface area (Å²) in [4.78, 5) is 0. The lowest BCUT2D eigenvalue weighted by atomic mass is 10.0. The lowest BCUT2D eigenvalue weighted by molar-refractivity contribution is 1.21. The van der Waals surface area contributed by atoms with Gasteiger partial charge in [-0.1, -0.05) is 41.5 Å². The van der Waals surface area contributed by atoms with Crippen molar-refractivity contribution in [2.24, 2.45) is 0 Å². The molecule has 0 radical (unpaired) electrons. The Kier molecular flexibility index (Phi) is 4.54. The number of hydrogen-bond donors (Lipinski definition) is 0. The molecule has 0 heterocycles. The first kappa shape index (κ1) is 12.8. The van der Waals surface area contributed by atoms with Gasteiger partial charge in [-0.25, -0.2) is 0 Å². The second-order valence-electron chi connectivity index (χ2n) is 4.71. The third-order valence-corrected chi connectivity index (χ3v) is 3.08. The summed E-state index contributed by atoms with van der Waals surface area (Å²) in [5.41, 5.74) is 6.89. The Labute approximate surface area is 99.7 Å². The van der Waals surface area contributed by atoms with Gasteiger partial charge in [0, 0.05) is 0 Å². The van der Waals surface area contributed by atoms with Crippen molar-refractivity contribution in [3.05, 3.63) is 58.2 Å². The Bertz CT molecular complexity index is 416. The van der Waals surface area contributed by atoms with Crippen molar-refractivity contribution in [1.29, 1.82) is 0 Å². The molecule has 0 nitrogen and oxygen atoms in total. The number of hydrogen-bond acceptors (Lipinski definition) is 0. The van der Waals surface area contributed by atoms with E-state index in [9.17, 15) is 0 Å². The number of benzene rings is 1. The first-order chi connectivity index (χ1) is 7.50. The zero-order valence-corrected chi connectivity index (χ0v) is 11.1. The SMILES string of the molecule is CC(C)=C(C)/C=C\Cc1ccc(C)c(C)c1. The molecule has 1 rings (SSSR count). The molecular formula is C16H22. The minimum Gasteiger partial charge on any atom is -0.0799 e. The lowest BCUT2D eigenvalue weighted by Gasteiger charge is -2.02. The smallest absolute Gasteiger partial charge is 0.00941 e. The van der Waals surface area contributed by atoms with Crippen LogP contribution in [-0.4, -0.2) is 0 Å². The Balaban J connectivity index is 2.69. The average molecular weight is 214 g/mol. The maximum Gasteiger partial charge on any atom is -0.00941 e. The predicted molar refractivity (Wildman–Crippen MR) is 72.8 cm³/mol. The minimum absolute atomic E-state index is 1.02. The van der Waals surface area contributed by atoms with Crippen molar-refractivity contribution < 1.29 is 0 Å². The fourth-order valence-electron chi connectivity index (χ4n) is 1.47. The van der Waals surface area contributed by atoms with Crippen molar-refractivity contribution in [1.82, 2.24) is 0 Å². The predicted octanol–water partition coefficient (Wildman–Crippen LogP) is 4.76. The van der Waals surface area contributed by atoms with Gasteiger partial charge in [0.05, 0.1) is 0 Å². The van der Waals surface area contributed by atoms with Crippen LogP contribution in [0.1, 0.15) is 37.5 Å². The number of rotatable bonds is 3. The zero-order valence-electron chi connectivity index (χ0n) is 11.1. The van der Waals surface area contributed by atoms with Crippen LogP contribution in [0.25, 0.3) is 0 Å². The summed E-state index contributed by atoms with van der Waals surface area (Å²) in [7, 11) is 0. The molecule has 0 heteroatoms. The Morgan fingerprint density at radius 1 is 1.06 bits per heavy atom. The average Bonchev–Trinajstić information content (AvgIpc) is 2.23. The van der Waals surface area contributed by atoms with Gasteiger partial charge in [-0.2, -0.15) is 0 Å². The fourth-order valence-corrected chi connectivity index (χ4v) is 1.47. The maximum absolute atomic E-state index is 2.28. The monoisotopic (exact) mass is 214 g/mol. The van der Waals surface area contributed by atoms with E-state index in [2.05, 4.69) is 65.0 Å². The van der Waals surface area contributed by atoms with E-state index in [0.717, 1.165) is 6.42 Å². The minimum atomic E-state index is 1.02. The van der Waals surface area contributed by atoms with Crippen LogP contribution in [0.3, 0.4) is 0 Å². The highest BCUT2D eigenvalue weighted by Crippen LogP contribution is 2.11. The molecule has 1 aromatic carbocycles. The standard InChI is InChI=1S/C16H22/c1-12(2)13(3)7-6-8-16-10-9-14(4)15(5)11-16/h6-7,9-11H,8H2,1-5H3/b7-6-. The summed E-state index contributed by atoms with van der Waals surface area (Å²) in [6, 6.07) is 6.69. The van der Waals surface area contributed by atoms with E-state index in [4.69, 9.17) is 0 Å². The quantitative estimate of drug-likeness (QED) is 0.636. The molecule has 0 aliphatic heterocycles. The number of aryl methyl sites for hydroxylation is 2. The Morgan fingerprint density at radius 2 is 1.75 bits per heavy atom. The Hall–Kier alpha value is -1.30. The molecule has 16 heavy (non-hydrogen) atoms. The van der Waals surface area contributed by atoms with E-state index in [-0.39, 0.29) is 0 Å². The molecule has 0 aromatic heterocycles. The molecule has 0 saturated carbocycles. The summed E-state index contributed by atoms with van der Waals surface area (Å²) in [6.45, 7) is 10.8. The van der Waals surface area contributed by atoms with E-state index in [1.165, 1.54) is 27.8 Å². The fraction of sp³-hybridized carbons (Fsp3) is 0.375. The summed E-state index contributed by atoms with van der Waals surface area (Å²) in [5.74, 6) is 0. The third-order valence-electron chi connectivity index (χ3n) is 3.08. The summed E-state index contributed by atoms with van der Waals surface area (Å²) >= 11 is 0. The van der Waals surface area contributed by atoms with Crippen LogP contribution in [0.15, 0.2) is 41.5 Å². The van der Waals surface area contributed by atoms with Crippen LogP contribution in [0.2, 0.25) is 0 Å². The van der Waals surface area contributed by atoms with Crippen molar-refractivity contribution in [3.8, 4) is 0 Å². The van der Waals surface area contributed by atoms with E-state index in [1.54, 1.807) is 0 Å². The van der Waals surface area contributed by atoms with Crippen LogP contribution in [0.4, 0.5) is 0 Å². The van der Waals surface area contributed by atoms with Gasteiger partial charge < -0.3 is 0 Å². The first-order valence-corrected chi connectivity index (χ1v) is 5.87. The summed E-state index contributed by atoms with van der Waals surface area (Å²) in [5, 5.41) is 0. The molecule has 0 N–H and O–H groups in total. The molecule has 0 bridgehead atoms. The van der Waals surface area contributed by atoms with E-state index in [1.807, 2.05) is 0 Å². The van der Waals surface area contributed by atoms with Crippen LogP contribution >= 0.6 is 0 Å². The third kappa shape index (κ3) is 3.69. The van der Waals surface area contributed by atoms with Crippen LogP contribution in [-0.2, 0) is 6.42 Å². The second kappa shape index (κ2) is 5.69. The van der Waals surface area contributed by atoms with Crippen LogP contribution < -0.4 is 0 Å². The largest absolute Gasteiger partial charge is 0.0799 e. The summed E-state index contributed by atoms with van der Waals surface area (Å²) in [6.07, 6.45) is 5.47. The topological polar surface area (TPSA) is 0 Å². The molecule has 1 aromatic rings. The highest BCUT2D eigenvalue weighted by Gasteiger charge is 1.94.